The highest BCUT2D eigenvalue weighted by Gasteiger charge is 2.33. The van der Waals surface area contributed by atoms with Crippen LogP contribution in [0.15, 0.2) is 54.7 Å². The number of carbonyl (C=O) groups is 2. The van der Waals surface area contributed by atoms with Gasteiger partial charge in [0.2, 0.25) is 0 Å². The first kappa shape index (κ1) is 22.4. The van der Waals surface area contributed by atoms with Crippen LogP contribution in [0.4, 0.5) is 4.39 Å². The molecule has 0 radical (unpaired) electrons. The number of amides is 2. The number of carbonyl (C=O) groups excluding carboxylic acids is 2. The maximum atomic E-state index is 13.4. The van der Waals surface area contributed by atoms with Crippen LogP contribution < -0.4 is 0 Å². The molecule has 34 heavy (non-hydrogen) atoms. The van der Waals surface area contributed by atoms with E-state index in [2.05, 4.69) is 9.97 Å². The van der Waals surface area contributed by atoms with Crippen molar-refractivity contribution in [3.63, 3.8) is 0 Å². The minimum atomic E-state index is -0.370. The monoisotopic (exact) mass is 462 g/mol. The molecule has 0 spiro atoms. The fraction of sp³-hybridized carbons (Fsp3) is 0.385. The Kier molecular flexibility index (Phi) is 6.49. The van der Waals surface area contributed by atoms with Crippen molar-refractivity contribution >= 4 is 22.8 Å². The van der Waals surface area contributed by atoms with Crippen molar-refractivity contribution in [3.05, 3.63) is 71.8 Å². The Balaban J connectivity index is 1.31. The van der Waals surface area contributed by atoms with Crippen molar-refractivity contribution < 1.29 is 18.7 Å². The van der Waals surface area contributed by atoms with Crippen molar-refractivity contribution in [3.8, 4) is 0 Å². The normalized spacial score (nSPS) is 18.9. The van der Waals surface area contributed by atoms with Gasteiger partial charge in [-0.05, 0) is 49.2 Å². The van der Waals surface area contributed by atoms with E-state index in [1.807, 2.05) is 29.2 Å². The average Bonchev–Trinajstić information content (AvgIpc) is 3.41. The standard InChI is InChI=1S/C26H27FN4O3/c27-19-11-9-18(10-12-19)25(32)31(20-5-1-2-6-20)17-21-16-30(13-14-34-21)26(33)24-15-28-22-7-3-4-8-23(22)29-24/h3-4,7-12,15,20-21H,1-2,5-6,13-14,16-17H2. The zero-order chi connectivity index (χ0) is 23.5. The van der Waals surface area contributed by atoms with Crippen LogP contribution in [0.3, 0.4) is 0 Å². The van der Waals surface area contributed by atoms with Gasteiger partial charge in [-0.2, -0.15) is 0 Å². The highest BCUT2D eigenvalue weighted by Crippen LogP contribution is 2.26. The maximum absolute atomic E-state index is 13.4. The smallest absolute Gasteiger partial charge is 0.274 e. The number of hydrogen-bond acceptors (Lipinski definition) is 5. The summed E-state index contributed by atoms with van der Waals surface area (Å²) < 4.78 is 19.4. The van der Waals surface area contributed by atoms with Gasteiger partial charge in [-0.15, -0.1) is 0 Å². The van der Waals surface area contributed by atoms with Crippen LogP contribution in [0.5, 0.6) is 0 Å². The number of hydrogen-bond donors (Lipinski definition) is 0. The minimum Gasteiger partial charge on any atom is -0.373 e. The molecular formula is C26H27FN4O3. The largest absolute Gasteiger partial charge is 0.373 e. The van der Waals surface area contributed by atoms with Crippen LogP contribution in [0.2, 0.25) is 0 Å². The number of para-hydroxylation sites is 2. The fourth-order valence-electron chi connectivity index (χ4n) is 4.83. The van der Waals surface area contributed by atoms with E-state index in [0.29, 0.717) is 43.0 Å². The van der Waals surface area contributed by atoms with E-state index in [1.54, 1.807) is 4.90 Å². The molecule has 1 aliphatic heterocycles. The topological polar surface area (TPSA) is 75.6 Å². The molecule has 2 aromatic carbocycles. The third kappa shape index (κ3) is 4.77. The molecule has 1 saturated heterocycles. The third-order valence-electron chi connectivity index (χ3n) is 6.61. The lowest BCUT2D eigenvalue weighted by Crippen LogP contribution is -2.52. The van der Waals surface area contributed by atoms with E-state index in [4.69, 9.17) is 4.74 Å². The maximum Gasteiger partial charge on any atom is 0.274 e. The van der Waals surface area contributed by atoms with Gasteiger partial charge in [-0.1, -0.05) is 25.0 Å². The highest BCUT2D eigenvalue weighted by atomic mass is 19.1. The first-order valence-corrected chi connectivity index (χ1v) is 11.8. The van der Waals surface area contributed by atoms with Crippen LogP contribution >= 0.6 is 0 Å². The van der Waals surface area contributed by atoms with Crippen LogP contribution in [0.1, 0.15) is 46.5 Å². The molecule has 2 aliphatic rings. The summed E-state index contributed by atoms with van der Waals surface area (Å²) in [6, 6.07) is 13.2. The van der Waals surface area contributed by atoms with Crippen molar-refractivity contribution in [2.75, 3.05) is 26.2 Å². The molecule has 2 heterocycles. The van der Waals surface area contributed by atoms with Crippen molar-refractivity contribution in [2.45, 2.75) is 37.8 Å². The minimum absolute atomic E-state index is 0.124. The summed E-state index contributed by atoms with van der Waals surface area (Å²) >= 11 is 0. The van der Waals surface area contributed by atoms with Gasteiger partial charge in [-0.25, -0.2) is 9.37 Å². The summed E-state index contributed by atoms with van der Waals surface area (Å²) in [6.45, 7) is 1.60. The summed E-state index contributed by atoms with van der Waals surface area (Å²) in [6.07, 6.45) is 5.24. The summed E-state index contributed by atoms with van der Waals surface area (Å²) in [5, 5.41) is 0. The lowest BCUT2D eigenvalue weighted by atomic mass is 10.1. The predicted molar refractivity (Wildman–Crippen MR) is 125 cm³/mol. The van der Waals surface area contributed by atoms with Gasteiger partial charge < -0.3 is 14.5 Å². The molecule has 176 valence electrons. The quantitative estimate of drug-likeness (QED) is 0.578. The van der Waals surface area contributed by atoms with E-state index >= 15 is 0 Å². The number of nitrogens with zero attached hydrogens (tertiary/aromatic N) is 4. The SMILES string of the molecule is O=C(c1cnc2ccccc2n1)N1CCOC(CN(C(=O)c2ccc(F)cc2)C2CCCC2)C1. The Labute approximate surface area is 197 Å². The molecule has 8 heteroatoms. The van der Waals surface area contributed by atoms with Crippen molar-refractivity contribution in [1.82, 2.24) is 19.8 Å². The Bertz CT molecular complexity index is 1180. The summed E-state index contributed by atoms with van der Waals surface area (Å²) in [5.41, 5.74) is 2.18. The van der Waals surface area contributed by atoms with Gasteiger partial charge in [0.25, 0.3) is 11.8 Å². The first-order valence-electron chi connectivity index (χ1n) is 11.8. The number of halogens is 1. The Morgan fingerprint density at radius 1 is 1.06 bits per heavy atom. The molecule has 1 aliphatic carbocycles. The Morgan fingerprint density at radius 3 is 2.56 bits per heavy atom. The molecule has 1 atom stereocenters. The third-order valence-corrected chi connectivity index (χ3v) is 6.61. The molecule has 0 N–H and O–H groups in total. The predicted octanol–water partition coefficient (Wildman–Crippen LogP) is 3.69. The first-order chi connectivity index (χ1) is 16.6. The molecule has 2 fully saturated rings. The number of ether oxygens (including phenoxy) is 1. The van der Waals surface area contributed by atoms with Crippen LogP contribution in [-0.2, 0) is 4.74 Å². The summed E-state index contributed by atoms with van der Waals surface area (Å²) in [4.78, 5) is 38.9. The van der Waals surface area contributed by atoms with Gasteiger partial charge in [0.15, 0.2) is 0 Å². The number of morpholine rings is 1. The fourth-order valence-corrected chi connectivity index (χ4v) is 4.83. The van der Waals surface area contributed by atoms with Crippen molar-refractivity contribution in [1.29, 1.82) is 0 Å². The van der Waals surface area contributed by atoms with Crippen molar-refractivity contribution in [2.24, 2.45) is 0 Å². The number of benzene rings is 2. The molecule has 3 aromatic rings. The van der Waals surface area contributed by atoms with Gasteiger partial charge in [0, 0.05) is 31.2 Å². The van der Waals surface area contributed by atoms with E-state index < -0.39 is 0 Å². The second-order valence-corrected chi connectivity index (χ2v) is 8.89. The van der Waals surface area contributed by atoms with Crippen LogP contribution in [0, 0.1) is 5.82 Å². The highest BCUT2D eigenvalue weighted by molar-refractivity contribution is 5.95. The van der Waals surface area contributed by atoms with Gasteiger partial charge in [-0.3, -0.25) is 14.6 Å². The number of fused-ring (bicyclic) bond motifs is 1. The van der Waals surface area contributed by atoms with Crippen LogP contribution in [-0.4, -0.2) is 70.0 Å². The molecule has 5 rings (SSSR count). The second kappa shape index (κ2) is 9.85. The second-order valence-electron chi connectivity index (χ2n) is 8.89. The summed E-state index contributed by atoms with van der Waals surface area (Å²) in [7, 11) is 0. The Morgan fingerprint density at radius 2 is 1.79 bits per heavy atom. The molecular weight excluding hydrogens is 435 g/mol. The Hall–Kier alpha value is -3.39. The zero-order valence-corrected chi connectivity index (χ0v) is 18.9. The summed E-state index contributed by atoms with van der Waals surface area (Å²) in [5.74, 6) is -0.686. The van der Waals surface area contributed by atoms with Gasteiger partial charge in [0.1, 0.15) is 11.5 Å². The van der Waals surface area contributed by atoms with Gasteiger partial charge >= 0.3 is 0 Å². The molecule has 1 aromatic heterocycles. The van der Waals surface area contributed by atoms with Gasteiger partial charge in [0.05, 0.1) is 29.9 Å². The van der Waals surface area contributed by atoms with E-state index in [9.17, 15) is 14.0 Å². The molecule has 0 bridgehead atoms. The molecule has 2 amide bonds. The average molecular weight is 463 g/mol. The molecule has 1 unspecified atom stereocenters. The molecule has 7 nitrogen and oxygen atoms in total. The van der Waals surface area contributed by atoms with E-state index in [0.717, 1.165) is 31.2 Å². The van der Waals surface area contributed by atoms with E-state index in [1.165, 1.54) is 30.5 Å². The lowest BCUT2D eigenvalue weighted by Gasteiger charge is -2.37. The molecule has 1 saturated carbocycles. The van der Waals surface area contributed by atoms with Crippen LogP contribution in [0.25, 0.3) is 11.0 Å². The number of rotatable bonds is 5. The number of aromatic nitrogens is 2. The lowest BCUT2D eigenvalue weighted by molar-refractivity contribution is -0.0372. The zero-order valence-electron chi connectivity index (χ0n) is 18.9. The van der Waals surface area contributed by atoms with E-state index in [-0.39, 0.29) is 29.8 Å².